The summed E-state index contributed by atoms with van der Waals surface area (Å²) in [5.41, 5.74) is 0.749. The molecule has 0 aliphatic rings. The first kappa shape index (κ1) is 16.9. The fourth-order valence-electron chi connectivity index (χ4n) is 2.27. The van der Waals surface area contributed by atoms with Gasteiger partial charge in [-0.2, -0.15) is 0 Å². The van der Waals surface area contributed by atoms with E-state index in [0.717, 1.165) is 19.4 Å². The molecule has 0 spiro atoms. The van der Waals surface area contributed by atoms with E-state index in [9.17, 15) is 8.78 Å². The summed E-state index contributed by atoms with van der Waals surface area (Å²) < 4.78 is 28.5. The zero-order valence-corrected chi connectivity index (χ0v) is 13.0. The smallest absolute Gasteiger partial charge is 0.149 e. The third-order valence-electron chi connectivity index (χ3n) is 3.21. The number of hydrogen-bond donors (Lipinski definition) is 1. The molecule has 0 saturated carbocycles. The molecule has 2 nitrogen and oxygen atoms in total. The monoisotopic (exact) mass is 284 g/mol. The van der Waals surface area contributed by atoms with Crippen molar-refractivity contribution in [2.24, 2.45) is 0 Å². The lowest BCUT2D eigenvalue weighted by Crippen LogP contribution is -2.33. The molecule has 1 rings (SSSR count). The molecule has 0 atom stereocenters. The van der Waals surface area contributed by atoms with Gasteiger partial charge in [0, 0.05) is 19.1 Å². The number of rotatable bonds is 8. The normalized spacial score (nSPS) is 11.2. The van der Waals surface area contributed by atoms with Crippen LogP contribution in [0.1, 0.15) is 46.1 Å². The van der Waals surface area contributed by atoms with Gasteiger partial charge in [-0.15, -0.1) is 0 Å². The third-order valence-corrected chi connectivity index (χ3v) is 3.21. The molecule has 4 heteroatoms. The molecule has 0 amide bonds. The van der Waals surface area contributed by atoms with Crippen LogP contribution in [0, 0.1) is 11.6 Å². The summed E-state index contributed by atoms with van der Waals surface area (Å²) >= 11 is 0. The minimum absolute atomic E-state index is 0.0722. The van der Waals surface area contributed by atoms with Crippen molar-refractivity contribution >= 4 is 5.69 Å². The molecule has 0 heterocycles. The van der Waals surface area contributed by atoms with Crippen LogP contribution in [-0.2, 0) is 6.54 Å². The molecule has 0 aliphatic heterocycles. The molecule has 0 saturated heterocycles. The summed E-state index contributed by atoms with van der Waals surface area (Å²) in [6.07, 6.45) is 1.86. The Labute approximate surface area is 121 Å². The molecular formula is C16H26F2N2. The molecule has 114 valence electrons. The van der Waals surface area contributed by atoms with Crippen molar-refractivity contribution in [1.29, 1.82) is 0 Å². The van der Waals surface area contributed by atoms with Gasteiger partial charge in [0.2, 0.25) is 0 Å². The van der Waals surface area contributed by atoms with Gasteiger partial charge >= 0.3 is 0 Å². The second-order valence-electron chi connectivity index (χ2n) is 5.37. The van der Waals surface area contributed by atoms with Crippen molar-refractivity contribution in [3.63, 3.8) is 0 Å². The van der Waals surface area contributed by atoms with Crippen molar-refractivity contribution in [2.45, 2.75) is 53.1 Å². The highest BCUT2D eigenvalue weighted by atomic mass is 19.1. The van der Waals surface area contributed by atoms with Gasteiger partial charge in [-0.1, -0.05) is 13.8 Å². The van der Waals surface area contributed by atoms with Crippen LogP contribution in [0.2, 0.25) is 0 Å². The van der Waals surface area contributed by atoms with Crippen LogP contribution in [-0.4, -0.2) is 19.1 Å². The predicted octanol–water partition coefficient (Wildman–Crippen LogP) is 4.09. The van der Waals surface area contributed by atoms with Gasteiger partial charge in [-0.25, -0.2) is 8.78 Å². The maximum absolute atomic E-state index is 14.2. The van der Waals surface area contributed by atoms with Crippen molar-refractivity contribution in [1.82, 2.24) is 5.32 Å². The molecule has 20 heavy (non-hydrogen) atoms. The van der Waals surface area contributed by atoms with Crippen molar-refractivity contribution in [3.05, 3.63) is 29.3 Å². The first-order chi connectivity index (χ1) is 9.51. The summed E-state index contributed by atoms with van der Waals surface area (Å²) in [6.45, 7) is 9.96. The Morgan fingerprint density at radius 3 is 2.15 bits per heavy atom. The van der Waals surface area contributed by atoms with E-state index in [2.05, 4.69) is 12.2 Å². The van der Waals surface area contributed by atoms with E-state index in [1.54, 1.807) is 4.90 Å². The van der Waals surface area contributed by atoms with E-state index in [4.69, 9.17) is 0 Å². The van der Waals surface area contributed by atoms with Gasteiger partial charge in [-0.3, -0.25) is 0 Å². The van der Waals surface area contributed by atoms with E-state index in [1.165, 1.54) is 12.1 Å². The molecule has 1 aromatic rings. The van der Waals surface area contributed by atoms with Crippen LogP contribution in [0.5, 0.6) is 0 Å². The van der Waals surface area contributed by atoms with Crippen molar-refractivity contribution < 1.29 is 8.78 Å². The molecule has 0 bridgehead atoms. The Kier molecular flexibility index (Phi) is 6.93. The number of nitrogens with one attached hydrogen (secondary N) is 1. The Balaban J connectivity index is 2.97. The van der Waals surface area contributed by atoms with Gasteiger partial charge in [0.1, 0.15) is 17.3 Å². The number of anilines is 1. The standard InChI is InChI=1S/C16H26F2N2/c1-5-7-19-11-13-9-14(17)16(15(18)10-13)20(8-6-2)12(3)4/h9-10,12,19H,5-8,11H2,1-4H3. The Morgan fingerprint density at radius 1 is 1.10 bits per heavy atom. The lowest BCUT2D eigenvalue weighted by atomic mass is 10.1. The minimum atomic E-state index is -0.472. The van der Waals surface area contributed by atoms with E-state index in [0.29, 0.717) is 18.7 Å². The molecule has 0 radical (unpaired) electrons. The minimum Gasteiger partial charge on any atom is -0.364 e. The SMILES string of the molecule is CCCNCc1cc(F)c(N(CCC)C(C)C)c(F)c1. The Bertz CT molecular complexity index is 396. The lowest BCUT2D eigenvalue weighted by molar-refractivity contribution is 0.548. The highest BCUT2D eigenvalue weighted by molar-refractivity contribution is 5.51. The number of hydrogen-bond acceptors (Lipinski definition) is 2. The highest BCUT2D eigenvalue weighted by Crippen LogP contribution is 2.27. The van der Waals surface area contributed by atoms with Crippen molar-refractivity contribution in [3.8, 4) is 0 Å². The second kappa shape index (κ2) is 8.20. The average Bonchev–Trinajstić information content (AvgIpc) is 2.37. The second-order valence-corrected chi connectivity index (χ2v) is 5.37. The zero-order valence-electron chi connectivity index (χ0n) is 13.0. The Hall–Kier alpha value is -1.16. The maximum atomic E-state index is 14.2. The van der Waals surface area contributed by atoms with Gasteiger partial charge in [0.05, 0.1) is 0 Å². The fraction of sp³-hybridized carbons (Fsp3) is 0.625. The topological polar surface area (TPSA) is 15.3 Å². The van der Waals surface area contributed by atoms with Gasteiger partial charge in [-0.05, 0) is 50.9 Å². The summed E-state index contributed by atoms with van der Waals surface area (Å²) in [5, 5.41) is 3.16. The van der Waals surface area contributed by atoms with Crippen LogP contribution in [0.15, 0.2) is 12.1 Å². The molecule has 0 aromatic heterocycles. The fourth-order valence-corrected chi connectivity index (χ4v) is 2.27. The van der Waals surface area contributed by atoms with Crippen LogP contribution < -0.4 is 10.2 Å². The van der Waals surface area contributed by atoms with E-state index in [1.807, 2.05) is 20.8 Å². The summed E-state index contributed by atoms with van der Waals surface area (Å²) in [6, 6.07) is 2.95. The molecule has 0 fully saturated rings. The summed E-state index contributed by atoms with van der Waals surface area (Å²) in [4.78, 5) is 1.79. The van der Waals surface area contributed by atoms with Gasteiger partial charge in [0.25, 0.3) is 0 Å². The summed E-state index contributed by atoms with van der Waals surface area (Å²) in [7, 11) is 0. The highest BCUT2D eigenvalue weighted by Gasteiger charge is 2.19. The number of nitrogens with zero attached hydrogens (tertiary/aromatic N) is 1. The van der Waals surface area contributed by atoms with Crippen LogP contribution >= 0.6 is 0 Å². The zero-order chi connectivity index (χ0) is 15.1. The van der Waals surface area contributed by atoms with E-state index in [-0.39, 0.29) is 11.7 Å². The maximum Gasteiger partial charge on any atom is 0.149 e. The largest absolute Gasteiger partial charge is 0.364 e. The van der Waals surface area contributed by atoms with Crippen LogP contribution in [0.4, 0.5) is 14.5 Å². The molecule has 1 N–H and O–H groups in total. The lowest BCUT2D eigenvalue weighted by Gasteiger charge is -2.29. The van der Waals surface area contributed by atoms with E-state index >= 15 is 0 Å². The Morgan fingerprint density at radius 2 is 1.70 bits per heavy atom. The quantitative estimate of drug-likeness (QED) is 0.723. The first-order valence-electron chi connectivity index (χ1n) is 7.46. The average molecular weight is 284 g/mol. The first-order valence-corrected chi connectivity index (χ1v) is 7.46. The summed E-state index contributed by atoms with van der Waals surface area (Å²) in [5.74, 6) is -0.944. The van der Waals surface area contributed by atoms with Crippen LogP contribution in [0.25, 0.3) is 0 Å². The van der Waals surface area contributed by atoms with E-state index < -0.39 is 11.6 Å². The molecule has 0 unspecified atom stereocenters. The molecular weight excluding hydrogens is 258 g/mol. The molecule has 0 aliphatic carbocycles. The van der Waals surface area contributed by atoms with Gasteiger partial charge in [0.15, 0.2) is 0 Å². The van der Waals surface area contributed by atoms with Gasteiger partial charge < -0.3 is 10.2 Å². The number of halogens is 2. The van der Waals surface area contributed by atoms with Crippen LogP contribution in [0.3, 0.4) is 0 Å². The third kappa shape index (κ3) is 4.44. The number of benzene rings is 1. The van der Waals surface area contributed by atoms with Crippen molar-refractivity contribution in [2.75, 3.05) is 18.0 Å². The molecule has 1 aromatic carbocycles. The predicted molar refractivity (Wildman–Crippen MR) is 81.1 cm³/mol.